The summed E-state index contributed by atoms with van der Waals surface area (Å²) in [4.78, 5) is 7.65. The van der Waals surface area contributed by atoms with E-state index in [1.807, 2.05) is 6.07 Å². The third-order valence-corrected chi connectivity index (χ3v) is 12.8. The molecule has 0 unspecified atom stereocenters. The molecule has 4 nitrogen and oxygen atoms in total. The van der Waals surface area contributed by atoms with Gasteiger partial charge in [0.25, 0.3) is 0 Å². The van der Waals surface area contributed by atoms with Crippen molar-refractivity contribution >= 4 is 66.8 Å². The van der Waals surface area contributed by atoms with E-state index in [2.05, 4.69) is 204 Å². The Kier molecular flexibility index (Phi) is 7.40. The van der Waals surface area contributed by atoms with Crippen molar-refractivity contribution in [1.29, 1.82) is 0 Å². The SMILES string of the molecule is C1=Cc2c(c3c(n2-c2cccc(-c4cccc5c4oc4ccccc45)c2)-c2ccccc2N(c2cccc4c(-c5ccc6ccccc6n5)cccc24)c2ccccc2-3)CC1. The van der Waals surface area contributed by atoms with Gasteiger partial charge in [-0.1, -0.05) is 146 Å². The number of anilines is 3. The highest BCUT2D eigenvalue weighted by Gasteiger charge is 2.34. The average Bonchev–Trinajstić information content (AvgIpc) is 3.84. The van der Waals surface area contributed by atoms with Crippen LogP contribution in [0.4, 0.5) is 17.1 Å². The van der Waals surface area contributed by atoms with Crippen LogP contribution in [0.15, 0.2) is 199 Å². The Morgan fingerprint density at radius 2 is 1.20 bits per heavy atom. The smallest absolute Gasteiger partial charge is 0.143 e. The molecule has 4 heterocycles. The van der Waals surface area contributed by atoms with Crippen LogP contribution in [0.25, 0.3) is 100 Å². The van der Waals surface area contributed by atoms with Gasteiger partial charge < -0.3 is 13.9 Å². The van der Waals surface area contributed by atoms with Gasteiger partial charge in [0.1, 0.15) is 11.2 Å². The van der Waals surface area contributed by atoms with E-state index in [1.165, 1.54) is 44.4 Å². The van der Waals surface area contributed by atoms with Crippen molar-refractivity contribution in [3.05, 3.63) is 205 Å². The molecule has 1 aliphatic heterocycles. The topological polar surface area (TPSA) is 34.2 Å². The molecule has 0 amide bonds. The summed E-state index contributed by atoms with van der Waals surface area (Å²) in [5.41, 5.74) is 19.2. The molecule has 0 radical (unpaired) electrons. The van der Waals surface area contributed by atoms with Crippen LogP contribution in [-0.4, -0.2) is 9.55 Å². The fraction of sp³-hybridized carbons (Fsp3) is 0.0351. The van der Waals surface area contributed by atoms with Crippen molar-refractivity contribution < 1.29 is 4.42 Å². The molecule has 0 saturated carbocycles. The van der Waals surface area contributed by atoms with Crippen molar-refractivity contribution in [3.63, 3.8) is 0 Å². The summed E-state index contributed by atoms with van der Waals surface area (Å²) in [5.74, 6) is 0. The summed E-state index contributed by atoms with van der Waals surface area (Å²) in [6, 6.07) is 67.8. The van der Waals surface area contributed by atoms with E-state index in [9.17, 15) is 0 Å². The molecule has 13 rings (SSSR count). The molecule has 61 heavy (non-hydrogen) atoms. The molecule has 286 valence electrons. The highest BCUT2D eigenvalue weighted by Crippen LogP contribution is 2.55. The van der Waals surface area contributed by atoms with E-state index in [0.717, 1.165) is 90.8 Å². The molecular formula is C57H37N3O. The highest BCUT2D eigenvalue weighted by atomic mass is 16.3. The molecule has 0 spiro atoms. The number of pyridine rings is 1. The van der Waals surface area contributed by atoms with Gasteiger partial charge in [-0.15, -0.1) is 0 Å². The standard InChI is InChI=1S/C57H37N3O/c1-6-27-48-36(15-1)33-34-49(58-48)41-24-13-25-42-40(41)23-14-31-50(42)60-52-29-8-3-20-46(52)55-45-19-2-7-28-51(45)59(56(55)47-21-4-9-30-53(47)60)38-17-11-16-37(35-38)39-22-12-26-44-43-18-5-10-32-54(43)61-57(39)44/h1,3-18,20-35H,2,19H2. The number of fused-ring (bicyclic) bond motifs is 12. The maximum absolute atomic E-state index is 6.56. The van der Waals surface area contributed by atoms with E-state index < -0.39 is 0 Å². The summed E-state index contributed by atoms with van der Waals surface area (Å²) in [7, 11) is 0. The highest BCUT2D eigenvalue weighted by molar-refractivity contribution is 6.12. The lowest BCUT2D eigenvalue weighted by molar-refractivity contribution is 0.670. The molecule has 2 aliphatic rings. The minimum atomic E-state index is 0.906. The van der Waals surface area contributed by atoms with E-state index in [0.29, 0.717) is 0 Å². The van der Waals surface area contributed by atoms with E-state index in [4.69, 9.17) is 9.40 Å². The Hall–Kier alpha value is -7.95. The van der Waals surface area contributed by atoms with Crippen LogP contribution < -0.4 is 4.90 Å². The van der Waals surface area contributed by atoms with E-state index >= 15 is 0 Å². The predicted molar refractivity (Wildman–Crippen MR) is 253 cm³/mol. The molecule has 0 fully saturated rings. The van der Waals surface area contributed by atoms with Gasteiger partial charge in [0.2, 0.25) is 0 Å². The Bertz CT molecular complexity index is 3620. The second kappa shape index (κ2) is 13.3. The molecule has 3 aromatic heterocycles. The zero-order chi connectivity index (χ0) is 40.0. The fourth-order valence-electron chi connectivity index (χ4n) is 10.2. The number of furan rings is 1. The monoisotopic (exact) mass is 779 g/mol. The fourth-order valence-corrected chi connectivity index (χ4v) is 10.2. The number of hydrogen-bond acceptors (Lipinski definition) is 3. The molecule has 1 aliphatic carbocycles. The third kappa shape index (κ3) is 5.09. The number of aromatic nitrogens is 2. The Morgan fingerprint density at radius 1 is 0.508 bits per heavy atom. The second-order valence-electron chi connectivity index (χ2n) is 16.1. The zero-order valence-corrected chi connectivity index (χ0v) is 33.2. The number of para-hydroxylation sites is 5. The first-order valence-electron chi connectivity index (χ1n) is 21.1. The van der Waals surface area contributed by atoms with Crippen molar-refractivity contribution in [2.75, 3.05) is 4.90 Å². The van der Waals surface area contributed by atoms with Gasteiger partial charge in [-0.3, -0.25) is 0 Å². The second-order valence-corrected chi connectivity index (χ2v) is 16.1. The predicted octanol–water partition coefficient (Wildman–Crippen LogP) is 15.5. The average molecular weight is 780 g/mol. The van der Waals surface area contributed by atoms with Gasteiger partial charge in [0.05, 0.1) is 34.0 Å². The maximum Gasteiger partial charge on any atom is 0.143 e. The Balaban J connectivity index is 1.04. The quantitative estimate of drug-likeness (QED) is 0.178. The van der Waals surface area contributed by atoms with Crippen LogP contribution in [-0.2, 0) is 6.42 Å². The van der Waals surface area contributed by atoms with Gasteiger partial charge in [-0.25, -0.2) is 4.98 Å². The molecule has 0 saturated heterocycles. The van der Waals surface area contributed by atoms with Crippen molar-refractivity contribution in [3.8, 4) is 50.5 Å². The first-order valence-corrected chi connectivity index (χ1v) is 21.1. The van der Waals surface area contributed by atoms with Gasteiger partial charge >= 0.3 is 0 Å². The molecule has 8 aromatic carbocycles. The van der Waals surface area contributed by atoms with Crippen LogP contribution in [0.3, 0.4) is 0 Å². The van der Waals surface area contributed by atoms with Crippen LogP contribution in [0.5, 0.6) is 0 Å². The van der Waals surface area contributed by atoms with E-state index in [1.54, 1.807) is 0 Å². The third-order valence-electron chi connectivity index (χ3n) is 12.8. The number of rotatable bonds is 4. The Morgan fingerprint density at radius 3 is 2.13 bits per heavy atom. The summed E-state index contributed by atoms with van der Waals surface area (Å²) < 4.78 is 9.08. The minimum Gasteiger partial charge on any atom is -0.455 e. The van der Waals surface area contributed by atoms with Crippen molar-refractivity contribution in [2.24, 2.45) is 0 Å². The lowest BCUT2D eigenvalue weighted by Gasteiger charge is -2.29. The minimum absolute atomic E-state index is 0.906. The number of hydrogen-bond donors (Lipinski definition) is 0. The van der Waals surface area contributed by atoms with Crippen LogP contribution in [0, 0.1) is 0 Å². The molecule has 11 aromatic rings. The van der Waals surface area contributed by atoms with Gasteiger partial charge in [0, 0.05) is 60.7 Å². The number of nitrogens with zero attached hydrogens (tertiary/aromatic N) is 3. The number of allylic oxidation sites excluding steroid dienone is 1. The summed E-state index contributed by atoms with van der Waals surface area (Å²) in [6.45, 7) is 0. The summed E-state index contributed by atoms with van der Waals surface area (Å²) in [5, 5.41) is 5.75. The van der Waals surface area contributed by atoms with Crippen LogP contribution in [0.2, 0.25) is 0 Å². The largest absolute Gasteiger partial charge is 0.455 e. The van der Waals surface area contributed by atoms with Gasteiger partial charge in [-0.05, 0) is 84.0 Å². The van der Waals surface area contributed by atoms with Crippen LogP contribution >= 0.6 is 0 Å². The van der Waals surface area contributed by atoms with E-state index in [-0.39, 0.29) is 0 Å². The maximum atomic E-state index is 6.56. The lowest BCUT2D eigenvalue weighted by atomic mass is 9.92. The van der Waals surface area contributed by atoms with Crippen molar-refractivity contribution in [2.45, 2.75) is 12.8 Å². The van der Waals surface area contributed by atoms with Crippen molar-refractivity contribution in [1.82, 2.24) is 9.55 Å². The van der Waals surface area contributed by atoms with Gasteiger partial charge in [0.15, 0.2) is 0 Å². The first-order chi connectivity index (χ1) is 30.3. The molecule has 0 bridgehead atoms. The molecular weight excluding hydrogens is 743 g/mol. The molecule has 0 N–H and O–H groups in total. The van der Waals surface area contributed by atoms with Gasteiger partial charge in [-0.2, -0.15) is 0 Å². The first kappa shape index (κ1) is 34.0. The summed E-state index contributed by atoms with van der Waals surface area (Å²) in [6.07, 6.45) is 6.64. The zero-order valence-electron chi connectivity index (χ0n) is 33.2. The normalized spacial score (nSPS) is 13.0. The molecule has 0 atom stereocenters. The number of benzene rings is 8. The van der Waals surface area contributed by atoms with Crippen LogP contribution in [0.1, 0.15) is 17.7 Å². The lowest BCUT2D eigenvalue weighted by Crippen LogP contribution is -2.12. The molecule has 4 heteroatoms. The Labute approximate surface area is 352 Å². The summed E-state index contributed by atoms with van der Waals surface area (Å²) >= 11 is 0.